The number of alkyl halides is 1. The van der Waals surface area contributed by atoms with Crippen molar-refractivity contribution in [2.75, 3.05) is 16.8 Å². The Hall–Kier alpha value is -1.09. The lowest BCUT2D eigenvalue weighted by Crippen LogP contribution is -2.41. The molecule has 1 aliphatic carbocycles. The van der Waals surface area contributed by atoms with E-state index in [-0.39, 0.29) is 0 Å². The van der Waals surface area contributed by atoms with E-state index in [1.807, 2.05) is 0 Å². The molecule has 0 amide bonds. The van der Waals surface area contributed by atoms with Gasteiger partial charge in [0.1, 0.15) is 0 Å². The van der Waals surface area contributed by atoms with Gasteiger partial charge in [-0.15, -0.1) is 0 Å². The second-order valence-electron chi connectivity index (χ2n) is 5.62. The Morgan fingerprint density at radius 2 is 2.10 bits per heavy atom. The summed E-state index contributed by atoms with van der Waals surface area (Å²) in [5.74, 6) is 0. The highest BCUT2D eigenvalue weighted by Crippen LogP contribution is 2.34. The topological polar surface area (TPSA) is 16.1 Å². The van der Waals surface area contributed by atoms with E-state index in [0.717, 1.165) is 29.1 Å². The maximum Gasteiger partial charge on any atom is 0.0726 e. The smallest absolute Gasteiger partial charge is 0.0726 e. The lowest BCUT2D eigenvalue weighted by atomic mass is 9.90. The fraction of sp³-hybridized carbons (Fsp3) is 0.471. The maximum atomic E-state index is 4.67. The lowest BCUT2D eigenvalue weighted by molar-refractivity contribution is 0.387. The van der Waals surface area contributed by atoms with Crippen LogP contribution in [0, 0.1) is 6.92 Å². The van der Waals surface area contributed by atoms with Crippen molar-refractivity contribution in [1.82, 2.24) is 4.98 Å². The first kappa shape index (κ1) is 13.9. The first-order valence-corrected chi connectivity index (χ1v) is 8.61. The van der Waals surface area contributed by atoms with Gasteiger partial charge >= 0.3 is 0 Å². The zero-order valence-electron chi connectivity index (χ0n) is 12.0. The number of nitrogens with zero attached hydrogens (tertiary/aromatic N) is 2. The van der Waals surface area contributed by atoms with Crippen LogP contribution in [0.1, 0.15) is 31.4 Å². The number of hydrogen-bond donors (Lipinski definition) is 0. The number of para-hydroxylation sites is 1. The average molecular weight is 333 g/mol. The fourth-order valence-electron chi connectivity index (χ4n) is 2.95. The van der Waals surface area contributed by atoms with Crippen molar-refractivity contribution in [2.24, 2.45) is 0 Å². The number of hydrogen-bond acceptors (Lipinski definition) is 2. The number of fused-ring (bicyclic) bond motifs is 1. The molecule has 0 atom stereocenters. The number of benzene rings is 1. The fourth-order valence-corrected chi connectivity index (χ4v) is 3.20. The van der Waals surface area contributed by atoms with Crippen LogP contribution in [0.5, 0.6) is 0 Å². The van der Waals surface area contributed by atoms with Gasteiger partial charge in [0, 0.05) is 34.7 Å². The minimum absolute atomic E-state index is 0.722. The van der Waals surface area contributed by atoms with E-state index in [2.05, 4.69) is 63.1 Å². The van der Waals surface area contributed by atoms with Crippen LogP contribution in [0.15, 0.2) is 30.3 Å². The highest BCUT2D eigenvalue weighted by Gasteiger charge is 2.26. The Bertz CT molecular complexity index is 593. The van der Waals surface area contributed by atoms with Crippen LogP contribution < -0.4 is 4.90 Å². The van der Waals surface area contributed by atoms with E-state index in [1.165, 1.54) is 36.8 Å². The van der Waals surface area contributed by atoms with Gasteiger partial charge in [-0.3, -0.25) is 4.98 Å². The average Bonchev–Trinajstić information content (AvgIpc) is 2.40. The molecule has 3 heteroatoms. The van der Waals surface area contributed by atoms with E-state index >= 15 is 0 Å². The summed E-state index contributed by atoms with van der Waals surface area (Å²) >= 11 is 3.56. The van der Waals surface area contributed by atoms with E-state index < -0.39 is 0 Å². The molecule has 0 bridgehead atoms. The zero-order valence-corrected chi connectivity index (χ0v) is 13.6. The van der Waals surface area contributed by atoms with Gasteiger partial charge in [0.05, 0.1) is 5.52 Å². The van der Waals surface area contributed by atoms with Gasteiger partial charge in [0.25, 0.3) is 0 Å². The Labute approximate surface area is 129 Å². The predicted octanol–water partition coefficient (Wildman–Crippen LogP) is 4.69. The summed E-state index contributed by atoms with van der Waals surface area (Å²) in [4.78, 5) is 7.28. The second kappa shape index (κ2) is 6.13. The highest BCUT2D eigenvalue weighted by atomic mass is 79.9. The molecule has 2 aromatic rings. The molecular weight excluding hydrogens is 312 g/mol. The van der Waals surface area contributed by atoms with Crippen molar-refractivity contribution in [3.8, 4) is 0 Å². The van der Waals surface area contributed by atoms with Gasteiger partial charge < -0.3 is 4.90 Å². The molecule has 0 aliphatic heterocycles. The van der Waals surface area contributed by atoms with Gasteiger partial charge in [-0.05, 0) is 44.7 Å². The summed E-state index contributed by atoms with van der Waals surface area (Å²) in [6, 6.07) is 11.5. The van der Waals surface area contributed by atoms with Gasteiger partial charge in [0.2, 0.25) is 0 Å². The van der Waals surface area contributed by atoms with Crippen molar-refractivity contribution in [3.63, 3.8) is 0 Å². The van der Waals surface area contributed by atoms with Crippen LogP contribution in [0.3, 0.4) is 0 Å². The molecule has 0 N–H and O–H groups in total. The molecule has 20 heavy (non-hydrogen) atoms. The first-order chi connectivity index (χ1) is 9.79. The molecule has 3 rings (SSSR count). The number of rotatable bonds is 5. The lowest BCUT2D eigenvalue weighted by Gasteiger charge is -2.40. The summed E-state index contributed by atoms with van der Waals surface area (Å²) < 4.78 is 0. The van der Waals surface area contributed by atoms with Gasteiger partial charge in [0.15, 0.2) is 0 Å². The molecule has 2 nitrogen and oxygen atoms in total. The van der Waals surface area contributed by atoms with Gasteiger partial charge in [-0.25, -0.2) is 0 Å². The normalized spacial score (nSPS) is 15.3. The molecule has 1 saturated carbocycles. The molecule has 0 spiro atoms. The molecule has 1 aromatic carbocycles. The van der Waals surface area contributed by atoms with E-state index in [0.29, 0.717) is 0 Å². The zero-order chi connectivity index (χ0) is 13.9. The van der Waals surface area contributed by atoms with E-state index in [4.69, 9.17) is 0 Å². The molecular formula is C17H21BrN2. The van der Waals surface area contributed by atoms with Crippen LogP contribution in [0.2, 0.25) is 0 Å². The molecule has 0 saturated heterocycles. The number of halogens is 1. The summed E-state index contributed by atoms with van der Waals surface area (Å²) in [6.45, 7) is 3.22. The molecule has 1 aromatic heterocycles. The maximum absolute atomic E-state index is 4.67. The van der Waals surface area contributed by atoms with E-state index in [1.54, 1.807) is 0 Å². The van der Waals surface area contributed by atoms with Gasteiger partial charge in [-0.1, -0.05) is 34.1 Å². The SMILES string of the molecule is Cc1cc(N(CCCBr)C2CCC2)c2ccccc2n1. The highest BCUT2D eigenvalue weighted by molar-refractivity contribution is 9.09. The third-order valence-electron chi connectivity index (χ3n) is 4.18. The monoisotopic (exact) mass is 332 g/mol. The quantitative estimate of drug-likeness (QED) is 0.738. The Morgan fingerprint density at radius 1 is 1.30 bits per heavy atom. The summed E-state index contributed by atoms with van der Waals surface area (Å²) in [7, 11) is 0. The molecule has 1 fully saturated rings. The van der Waals surface area contributed by atoms with E-state index in [9.17, 15) is 0 Å². The standard InChI is InChI=1S/C17H21BrN2/c1-13-12-17(15-8-2-3-9-16(15)19-13)20(11-5-10-18)14-6-4-7-14/h2-3,8-9,12,14H,4-7,10-11H2,1H3. The molecule has 106 valence electrons. The van der Waals surface area contributed by atoms with Crippen molar-refractivity contribution in [3.05, 3.63) is 36.0 Å². The van der Waals surface area contributed by atoms with Crippen LogP contribution in [-0.2, 0) is 0 Å². The molecule has 0 unspecified atom stereocenters. The van der Waals surface area contributed by atoms with Crippen LogP contribution in [0.4, 0.5) is 5.69 Å². The van der Waals surface area contributed by atoms with Crippen molar-refractivity contribution in [1.29, 1.82) is 0 Å². The molecule has 1 aliphatic rings. The Morgan fingerprint density at radius 3 is 2.80 bits per heavy atom. The van der Waals surface area contributed by atoms with Crippen molar-refractivity contribution in [2.45, 2.75) is 38.6 Å². The summed E-state index contributed by atoms with van der Waals surface area (Å²) in [6.07, 6.45) is 5.22. The molecule has 0 radical (unpaired) electrons. The van der Waals surface area contributed by atoms with Crippen LogP contribution in [-0.4, -0.2) is 22.9 Å². The number of pyridine rings is 1. The third-order valence-corrected chi connectivity index (χ3v) is 4.74. The summed E-state index contributed by atoms with van der Waals surface area (Å²) in [5, 5.41) is 2.36. The van der Waals surface area contributed by atoms with Crippen LogP contribution in [0.25, 0.3) is 10.9 Å². The van der Waals surface area contributed by atoms with Gasteiger partial charge in [-0.2, -0.15) is 0 Å². The largest absolute Gasteiger partial charge is 0.368 e. The predicted molar refractivity (Wildman–Crippen MR) is 89.9 cm³/mol. The van der Waals surface area contributed by atoms with Crippen LogP contribution >= 0.6 is 15.9 Å². The third kappa shape index (κ3) is 2.69. The minimum Gasteiger partial charge on any atom is -0.368 e. The molecule has 1 heterocycles. The van der Waals surface area contributed by atoms with Crippen molar-refractivity contribution >= 4 is 32.5 Å². The Balaban J connectivity index is 2.04. The first-order valence-electron chi connectivity index (χ1n) is 7.48. The number of anilines is 1. The minimum atomic E-state index is 0.722. The Kier molecular flexibility index (Phi) is 4.25. The van der Waals surface area contributed by atoms with Crippen molar-refractivity contribution < 1.29 is 0 Å². The summed E-state index contributed by atoms with van der Waals surface area (Å²) in [5.41, 5.74) is 3.60. The number of aromatic nitrogens is 1. The number of aryl methyl sites for hydroxylation is 1. The second-order valence-corrected chi connectivity index (χ2v) is 6.41.